The molecular formula is C47H61F3O10S. The van der Waals surface area contributed by atoms with Crippen molar-refractivity contribution in [3.8, 4) is 0 Å². The van der Waals surface area contributed by atoms with Crippen molar-refractivity contribution >= 4 is 40.2 Å². The quantitative estimate of drug-likeness (QED) is 0.223. The van der Waals surface area contributed by atoms with Crippen molar-refractivity contribution in [2.45, 2.75) is 135 Å². The number of carbonyl (C=O) groups excluding carboxylic acids is 5. The van der Waals surface area contributed by atoms with Crippen LogP contribution < -0.4 is 0 Å². The molecule has 0 aliphatic heterocycles. The van der Waals surface area contributed by atoms with E-state index in [1.54, 1.807) is 32.9 Å². The van der Waals surface area contributed by atoms with Crippen LogP contribution in [0.4, 0.5) is 13.2 Å². The van der Waals surface area contributed by atoms with E-state index in [9.17, 15) is 48.8 Å². The maximum Gasteiger partial charge on any atom is 0.306 e. The Hall–Kier alpha value is -2.91. The predicted octanol–water partition coefficient (Wildman–Crippen LogP) is 6.23. The van der Waals surface area contributed by atoms with Crippen LogP contribution >= 0.6 is 11.8 Å². The van der Waals surface area contributed by atoms with E-state index < -0.39 is 105 Å². The zero-order valence-electron chi connectivity index (χ0n) is 36.1. The van der Waals surface area contributed by atoms with Gasteiger partial charge in [0, 0.05) is 45.8 Å². The van der Waals surface area contributed by atoms with Crippen LogP contribution in [0.2, 0.25) is 0 Å². The molecule has 8 aliphatic carbocycles. The van der Waals surface area contributed by atoms with Crippen molar-refractivity contribution in [1.29, 1.82) is 0 Å². The van der Waals surface area contributed by atoms with Gasteiger partial charge in [-0.1, -0.05) is 59.3 Å². The highest BCUT2D eigenvalue weighted by molar-refractivity contribution is 8.13. The van der Waals surface area contributed by atoms with E-state index in [4.69, 9.17) is 4.74 Å². The van der Waals surface area contributed by atoms with Gasteiger partial charge < -0.3 is 25.2 Å². The fourth-order valence-electron chi connectivity index (χ4n) is 15.0. The van der Waals surface area contributed by atoms with Crippen LogP contribution in [0.3, 0.4) is 0 Å². The van der Waals surface area contributed by atoms with Crippen molar-refractivity contribution in [3.05, 3.63) is 47.6 Å². The lowest BCUT2D eigenvalue weighted by Gasteiger charge is -2.63. The second kappa shape index (κ2) is 15.4. The maximum atomic E-state index is 17.2. The molecule has 336 valence electrons. The Kier molecular flexibility index (Phi) is 11.6. The van der Waals surface area contributed by atoms with Crippen molar-refractivity contribution in [2.75, 3.05) is 12.6 Å². The molecule has 0 radical (unpaired) electrons. The van der Waals surface area contributed by atoms with E-state index in [-0.39, 0.29) is 66.1 Å². The molecule has 0 unspecified atom stereocenters. The van der Waals surface area contributed by atoms with Gasteiger partial charge in [0.1, 0.15) is 24.4 Å². The van der Waals surface area contributed by atoms with Crippen molar-refractivity contribution < 1.29 is 62.3 Å². The molecule has 0 aromatic heterocycles. The number of Topliss-reactive ketones (excluding diaryl/α,β-unsaturated/α-hetero) is 1. The van der Waals surface area contributed by atoms with Gasteiger partial charge in [0.05, 0.1) is 12.2 Å². The summed E-state index contributed by atoms with van der Waals surface area (Å²) in [5.41, 5.74) is -8.43. The fourth-order valence-corrected chi connectivity index (χ4v) is 15.8. The summed E-state index contributed by atoms with van der Waals surface area (Å²) < 4.78 is 51.8. The van der Waals surface area contributed by atoms with E-state index in [1.807, 2.05) is 13.0 Å². The first-order valence-corrected chi connectivity index (χ1v) is 22.8. The van der Waals surface area contributed by atoms with Gasteiger partial charge in [-0.25, -0.2) is 13.2 Å². The van der Waals surface area contributed by atoms with Crippen molar-refractivity contribution in [1.82, 2.24) is 0 Å². The van der Waals surface area contributed by atoms with Crippen LogP contribution in [0.1, 0.15) is 99.8 Å². The second-order valence-electron chi connectivity index (χ2n) is 20.3. The van der Waals surface area contributed by atoms with Crippen LogP contribution in [-0.2, 0) is 28.7 Å². The van der Waals surface area contributed by atoms with Crippen LogP contribution in [0.15, 0.2) is 47.6 Å². The average molecular weight is 875 g/mol. The summed E-state index contributed by atoms with van der Waals surface area (Å²) in [6.45, 7) is 11.9. The molecule has 4 N–H and O–H groups in total. The highest BCUT2D eigenvalue weighted by atomic mass is 32.2. The second-order valence-corrected chi connectivity index (χ2v) is 21.2. The Balaban J connectivity index is 0.000000189. The van der Waals surface area contributed by atoms with Crippen LogP contribution in [0, 0.1) is 63.1 Å². The number of halogens is 3. The standard InChI is InChI=1S/C25H31F3O5S.C22H30O5/c1-5-20(31)33-25(21(32)34-12-26)13(2)8-15-16-10-18(27)17-9-14(29)6-7-22(17,3)24(16,28)19(30)11-23(15,25)4;1-12-8-14-15-5-7-22(27,18(26)11-23)21(15,3)10-17(25)19(14)20(2)6-4-13(24)9-16(12)20/h6-7,9,13,15-16,18-19,30H,5,8,10-12H2,1-4H3;4,6,9,12,14-15,17,19,23,25,27H,5,7-8,10-11H2,1-3H3/t13-,15+,16+,18+,19+,22+,23+,24+,25+;12-,14-,15-,17-,19+,20-,21-,22-/m10/s1. The smallest absolute Gasteiger partial charge is 0.306 e. The van der Waals surface area contributed by atoms with Crippen molar-refractivity contribution in [2.24, 2.45) is 63.1 Å². The summed E-state index contributed by atoms with van der Waals surface area (Å²) in [7, 11) is 0. The van der Waals surface area contributed by atoms with Crippen molar-refractivity contribution in [3.63, 3.8) is 0 Å². The van der Waals surface area contributed by atoms with E-state index >= 15 is 8.78 Å². The van der Waals surface area contributed by atoms with Crippen LogP contribution in [0.5, 0.6) is 0 Å². The molecule has 17 atom stereocenters. The predicted molar refractivity (Wildman–Crippen MR) is 220 cm³/mol. The molecule has 0 spiro atoms. The summed E-state index contributed by atoms with van der Waals surface area (Å²) in [6, 6.07) is -1.02. The number of aliphatic hydroxyl groups is 4. The molecule has 0 bridgehead atoms. The summed E-state index contributed by atoms with van der Waals surface area (Å²) in [6.07, 6.45) is 7.03. The molecule has 8 aliphatic rings. The highest BCUT2D eigenvalue weighted by Gasteiger charge is 2.78. The Morgan fingerprint density at radius 2 is 1.54 bits per heavy atom. The molecule has 6 saturated carbocycles. The minimum atomic E-state index is -2.30. The first-order chi connectivity index (χ1) is 28.4. The minimum absolute atomic E-state index is 0.00620. The molecule has 0 aromatic carbocycles. The summed E-state index contributed by atoms with van der Waals surface area (Å²) >= 11 is 0.396. The largest absolute Gasteiger partial charge is 0.449 e. The van der Waals surface area contributed by atoms with Gasteiger partial charge in [-0.15, -0.1) is 0 Å². The Morgan fingerprint density at radius 1 is 0.902 bits per heavy atom. The van der Waals surface area contributed by atoms with E-state index in [1.165, 1.54) is 19.1 Å². The normalized spacial score (nSPS) is 49.1. The number of ether oxygens (including phenoxy) is 1. The first-order valence-electron chi connectivity index (χ1n) is 21.8. The lowest BCUT2D eigenvalue weighted by Crippen LogP contribution is -2.70. The number of esters is 1. The Labute approximate surface area is 359 Å². The van der Waals surface area contributed by atoms with Gasteiger partial charge in [0.15, 0.2) is 28.6 Å². The van der Waals surface area contributed by atoms with Gasteiger partial charge >= 0.3 is 5.97 Å². The zero-order chi connectivity index (χ0) is 45.0. The molecule has 0 aromatic rings. The number of hydrogen-bond acceptors (Lipinski definition) is 11. The number of carbonyl (C=O) groups is 5. The van der Waals surface area contributed by atoms with Crippen LogP contribution in [-0.4, -0.2) is 96.7 Å². The number of rotatable bonds is 6. The van der Waals surface area contributed by atoms with E-state index in [2.05, 4.69) is 13.8 Å². The fraction of sp³-hybridized carbons (Fsp3) is 0.723. The molecule has 10 nitrogen and oxygen atoms in total. The molecule has 8 rings (SSSR count). The molecule has 0 saturated heterocycles. The summed E-state index contributed by atoms with van der Waals surface area (Å²) in [4.78, 5) is 62.2. The highest BCUT2D eigenvalue weighted by Crippen LogP contribution is 2.72. The monoisotopic (exact) mass is 874 g/mol. The maximum absolute atomic E-state index is 17.2. The summed E-state index contributed by atoms with van der Waals surface area (Å²) in [5.74, 6) is -3.37. The van der Waals surface area contributed by atoms with Gasteiger partial charge in [-0.2, -0.15) is 0 Å². The zero-order valence-corrected chi connectivity index (χ0v) is 36.9. The Bertz CT molecular complexity index is 2020. The SMILES string of the molecule is CCC(=O)O[C@]1(C(=O)SCF)[C@H](C)C[C@H]2[C@@H]3C[C@H](F)C4=CC(=O)C=C[C@]4(C)[C@@]3(F)[C@@H](O)C[C@@]21C.C[C@H]1C[C@@H]2[C@H]([C@@H](O)C[C@@]3(C)[C@H]2CC[C@]3(O)C(=O)CO)[C@@]2(C)C=CC(=O)C=C12. The molecule has 0 amide bonds. The third-order valence-electron chi connectivity index (χ3n) is 17.8. The molecule has 14 heteroatoms. The topological polar surface area (TPSA) is 176 Å². The number of thioether (sulfide) groups is 1. The molecular weight excluding hydrogens is 814 g/mol. The lowest BCUT2D eigenvalue weighted by molar-refractivity contribution is -0.228. The number of fused-ring (bicyclic) bond motifs is 10. The summed E-state index contributed by atoms with van der Waals surface area (Å²) in [5, 5.41) is 42.6. The Morgan fingerprint density at radius 3 is 2.16 bits per heavy atom. The third kappa shape index (κ3) is 6.13. The van der Waals surface area contributed by atoms with Gasteiger partial charge in [-0.05, 0) is 117 Å². The number of ketones is 3. The number of aliphatic hydroxyl groups excluding tert-OH is 3. The third-order valence-corrected chi connectivity index (χ3v) is 18.5. The number of alkyl halides is 3. The van der Waals surface area contributed by atoms with E-state index in [0.29, 0.717) is 24.6 Å². The van der Waals surface area contributed by atoms with E-state index in [0.717, 1.165) is 24.5 Å². The minimum Gasteiger partial charge on any atom is -0.449 e. The van der Waals surface area contributed by atoms with Gasteiger partial charge in [0.2, 0.25) is 5.12 Å². The molecule has 6 fully saturated rings. The molecule has 61 heavy (non-hydrogen) atoms. The number of allylic oxidation sites excluding steroid dienone is 8. The lowest BCUT2D eigenvalue weighted by atomic mass is 9.44. The number of hydrogen-bond donors (Lipinski definition) is 4. The van der Waals surface area contributed by atoms with Gasteiger partial charge in [0.25, 0.3) is 0 Å². The first kappa shape index (κ1) is 46.1. The van der Waals surface area contributed by atoms with Crippen LogP contribution in [0.25, 0.3) is 0 Å². The average Bonchev–Trinajstić information content (AvgIpc) is 3.59. The molecule has 0 heterocycles. The van der Waals surface area contributed by atoms with Gasteiger partial charge in [-0.3, -0.25) is 24.0 Å².